The second-order valence-electron chi connectivity index (χ2n) is 10.3. The van der Waals surface area contributed by atoms with Gasteiger partial charge in [-0.05, 0) is 60.5 Å². The van der Waals surface area contributed by atoms with E-state index < -0.39 is 6.04 Å². The second kappa shape index (κ2) is 12.8. The molecule has 1 amide bonds. The highest BCUT2D eigenvalue weighted by atomic mass is 16.5. The number of nitrogens with zero attached hydrogens (tertiary/aromatic N) is 3. The van der Waals surface area contributed by atoms with Crippen molar-refractivity contribution in [1.29, 1.82) is 0 Å². The SMILES string of the molecule is COc1ccccc1NC(=O)C1=C(C)Nc2nc(-c3ccc(OC)c(OC)c3)nn2C1c1cccc(OCc2ccccc2)c1. The number of allylic oxidation sites excluding steroid dienone is 1. The van der Waals surface area contributed by atoms with E-state index in [1.54, 1.807) is 38.1 Å². The van der Waals surface area contributed by atoms with Crippen molar-refractivity contribution in [3.63, 3.8) is 0 Å². The fraction of sp³-hybridized carbons (Fsp3) is 0.171. The molecular weight excluding hydrogens is 570 g/mol. The van der Waals surface area contributed by atoms with Gasteiger partial charge in [-0.25, -0.2) is 4.68 Å². The first-order valence-electron chi connectivity index (χ1n) is 14.4. The van der Waals surface area contributed by atoms with Gasteiger partial charge in [0, 0.05) is 11.3 Å². The Kier molecular flexibility index (Phi) is 8.37. The summed E-state index contributed by atoms with van der Waals surface area (Å²) in [6, 6.07) is 29.8. The molecule has 1 atom stereocenters. The molecular formula is C35H33N5O5. The van der Waals surface area contributed by atoms with Crippen LogP contribution < -0.4 is 29.6 Å². The van der Waals surface area contributed by atoms with Crippen LogP contribution in [0.3, 0.4) is 0 Å². The zero-order chi connectivity index (χ0) is 31.3. The molecule has 1 aliphatic heterocycles. The van der Waals surface area contributed by atoms with Gasteiger partial charge in [0.2, 0.25) is 5.95 Å². The highest BCUT2D eigenvalue weighted by Gasteiger charge is 2.35. The van der Waals surface area contributed by atoms with Gasteiger partial charge in [-0.3, -0.25) is 4.79 Å². The summed E-state index contributed by atoms with van der Waals surface area (Å²) in [5.74, 6) is 3.02. The van der Waals surface area contributed by atoms with Crippen LogP contribution >= 0.6 is 0 Å². The molecule has 5 aromatic rings. The highest BCUT2D eigenvalue weighted by Crippen LogP contribution is 2.39. The third kappa shape index (κ3) is 6.03. The van der Waals surface area contributed by atoms with Crippen LogP contribution in [0.1, 0.15) is 24.1 Å². The standard InChI is InChI=1S/C35H33N5O5/c1-22-31(34(41)37-27-15-8-9-16-28(27)42-2)32(24-13-10-14-26(19-24)45-21-23-11-6-5-7-12-23)40-35(36-22)38-33(39-40)25-17-18-29(43-3)30(20-25)44-4/h5-20,32H,21H2,1-4H3,(H,37,41)(H,36,38,39). The number of anilines is 2. The van der Waals surface area contributed by atoms with E-state index in [9.17, 15) is 4.79 Å². The molecule has 228 valence electrons. The summed E-state index contributed by atoms with van der Waals surface area (Å²) in [6.45, 7) is 2.26. The number of carbonyl (C=O) groups is 1. The van der Waals surface area contributed by atoms with Gasteiger partial charge in [0.25, 0.3) is 5.91 Å². The van der Waals surface area contributed by atoms with Crippen LogP contribution in [-0.2, 0) is 11.4 Å². The van der Waals surface area contributed by atoms with Gasteiger partial charge in [-0.2, -0.15) is 4.98 Å². The predicted octanol–water partition coefficient (Wildman–Crippen LogP) is 6.48. The summed E-state index contributed by atoms with van der Waals surface area (Å²) in [7, 11) is 4.74. The van der Waals surface area contributed by atoms with E-state index in [1.165, 1.54) is 0 Å². The molecule has 0 fully saturated rings. The van der Waals surface area contributed by atoms with Gasteiger partial charge in [0.1, 0.15) is 24.1 Å². The molecule has 0 saturated heterocycles. The van der Waals surface area contributed by atoms with Crippen molar-refractivity contribution < 1.29 is 23.7 Å². The maximum absolute atomic E-state index is 14.1. The quantitative estimate of drug-likeness (QED) is 0.187. The summed E-state index contributed by atoms with van der Waals surface area (Å²) in [6.07, 6.45) is 0. The van der Waals surface area contributed by atoms with Gasteiger partial charge in [0.05, 0.1) is 32.6 Å². The lowest BCUT2D eigenvalue weighted by Gasteiger charge is -2.29. The van der Waals surface area contributed by atoms with Crippen molar-refractivity contribution in [3.8, 4) is 34.4 Å². The van der Waals surface area contributed by atoms with E-state index in [2.05, 4.69) is 10.6 Å². The highest BCUT2D eigenvalue weighted by molar-refractivity contribution is 6.06. The number of fused-ring (bicyclic) bond motifs is 1. The van der Waals surface area contributed by atoms with Crippen LogP contribution in [0.5, 0.6) is 23.0 Å². The monoisotopic (exact) mass is 603 g/mol. The lowest BCUT2D eigenvalue weighted by molar-refractivity contribution is -0.113. The molecule has 1 aromatic heterocycles. The van der Waals surface area contributed by atoms with Crippen molar-refractivity contribution in [3.05, 3.63) is 119 Å². The van der Waals surface area contributed by atoms with E-state index in [4.69, 9.17) is 29.0 Å². The molecule has 2 heterocycles. The van der Waals surface area contributed by atoms with Gasteiger partial charge < -0.3 is 29.6 Å². The fourth-order valence-electron chi connectivity index (χ4n) is 5.30. The first-order chi connectivity index (χ1) is 22.0. The number of methoxy groups -OCH3 is 3. The summed E-state index contributed by atoms with van der Waals surface area (Å²) < 4.78 is 24.3. The molecule has 0 radical (unpaired) electrons. The molecule has 6 rings (SSSR count). The number of carbonyl (C=O) groups excluding carboxylic acids is 1. The first kappa shape index (κ1) is 29.3. The van der Waals surface area contributed by atoms with E-state index >= 15 is 0 Å². The van der Waals surface area contributed by atoms with Gasteiger partial charge >= 0.3 is 0 Å². The maximum Gasteiger partial charge on any atom is 0.255 e. The number of nitrogens with one attached hydrogen (secondary N) is 2. The minimum atomic E-state index is -0.627. The van der Waals surface area contributed by atoms with Crippen molar-refractivity contribution >= 4 is 17.5 Å². The Balaban J connectivity index is 1.41. The Morgan fingerprint density at radius 2 is 1.60 bits per heavy atom. The topological polar surface area (TPSA) is 109 Å². The van der Waals surface area contributed by atoms with Crippen LogP contribution in [0, 0.1) is 0 Å². The minimum absolute atomic E-state index is 0.307. The van der Waals surface area contributed by atoms with E-state index in [-0.39, 0.29) is 5.91 Å². The fourth-order valence-corrected chi connectivity index (χ4v) is 5.30. The summed E-state index contributed by atoms with van der Waals surface area (Å²) in [5, 5.41) is 11.2. The molecule has 1 unspecified atom stereocenters. The average molecular weight is 604 g/mol. The lowest BCUT2D eigenvalue weighted by Crippen LogP contribution is -2.31. The Bertz CT molecular complexity index is 1870. The zero-order valence-corrected chi connectivity index (χ0v) is 25.4. The normalized spacial score (nSPS) is 13.8. The molecule has 0 bridgehead atoms. The van der Waals surface area contributed by atoms with Crippen LogP contribution in [0.4, 0.5) is 11.6 Å². The largest absolute Gasteiger partial charge is 0.495 e. The van der Waals surface area contributed by atoms with E-state index in [1.807, 2.05) is 91.9 Å². The summed E-state index contributed by atoms with van der Waals surface area (Å²) in [4.78, 5) is 18.9. The Hall–Kier alpha value is -5.77. The Morgan fingerprint density at radius 3 is 2.38 bits per heavy atom. The average Bonchev–Trinajstić information content (AvgIpc) is 3.50. The lowest BCUT2D eigenvalue weighted by atomic mass is 9.94. The van der Waals surface area contributed by atoms with Crippen LogP contribution in [0.15, 0.2) is 108 Å². The number of ether oxygens (including phenoxy) is 4. The summed E-state index contributed by atoms with van der Waals surface area (Å²) in [5.41, 5.74) is 4.25. The van der Waals surface area contributed by atoms with Crippen LogP contribution in [0.25, 0.3) is 11.4 Å². The molecule has 0 aliphatic carbocycles. The van der Waals surface area contributed by atoms with Crippen LogP contribution in [-0.4, -0.2) is 42.0 Å². The molecule has 10 nitrogen and oxygen atoms in total. The van der Waals surface area contributed by atoms with Gasteiger partial charge in [-0.1, -0.05) is 54.6 Å². The number of hydrogen-bond acceptors (Lipinski definition) is 8. The van der Waals surface area contributed by atoms with Crippen molar-refractivity contribution in [2.45, 2.75) is 19.6 Å². The van der Waals surface area contributed by atoms with Crippen LogP contribution in [0.2, 0.25) is 0 Å². The van der Waals surface area contributed by atoms with Gasteiger partial charge in [-0.15, -0.1) is 5.10 Å². The van der Waals surface area contributed by atoms with Gasteiger partial charge in [0.15, 0.2) is 17.3 Å². The molecule has 4 aromatic carbocycles. The summed E-state index contributed by atoms with van der Waals surface area (Å²) >= 11 is 0. The molecule has 10 heteroatoms. The molecule has 45 heavy (non-hydrogen) atoms. The number of amides is 1. The number of aromatic nitrogens is 3. The number of rotatable bonds is 10. The number of para-hydroxylation sites is 2. The minimum Gasteiger partial charge on any atom is -0.495 e. The Morgan fingerprint density at radius 1 is 0.844 bits per heavy atom. The Labute approximate surface area is 261 Å². The second-order valence-corrected chi connectivity index (χ2v) is 10.3. The third-order valence-electron chi connectivity index (χ3n) is 7.52. The molecule has 0 saturated carbocycles. The van der Waals surface area contributed by atoms with E-state index in [0.29, 0.717) is 58.3 Å². The van der Waals surface area contributed by atoms with Crippen molar-refractivity contribution in [1.82, 2.24) is 14.8 Å². The van der Waals surface area contributed by atoms with E-state index in [0.717, 1.165) is 16.7 Å². The first-order valence-corrected chi connectivity index (χ1v) is 14.4. The zero-order valence-electron chi connectivity index (χ0n) is 25.4. The smallest absolute Gasteiger partial charge is 0.255 e. The maximum atomic E-state index is 14.1. The molecule has 2 N–H and O–H groups in total. The van der Waals surface area contributed by atoms with Crippen molar-refractivity contribution in [2.24, 2.45) is 0 Å². The molecule has 0 spiro atoms. The molecule has 1 aliphatic rings. The predicted molar refractivity (Wildman–Crippen MR) is 172 cm³/mol. The third-order valence-corrected chi connectivity index (χ3v) is 7.52. The number of hydrogen-bond donors (Lipinski definition) is 2. The van der Waals surface area contributed by atoms with Crippen molar-refractivity contribution in [2.75, 3.05) is 32.0 Å². The number of benzene rings is 4.